The van der Waals surface area contributed by atoms with Gasteiger partial charge in [0.1, 0.15) is 17.2 Å². The standard InChI is InChI=1S/C18H9IN2O2/c19-11-7-5-10(6-8-11)15-13(9-20)18(22)21-16-12-3-1-2-4-14(12)23-17(15)16/h1-8H,(H,21,22). The number of aromatic nitrogens is 1. The molecule has 1 N–H and O–H groups in total. The lowest BCUT2D eigenvalue weighted by Gasteiger charge is -2.05. The van der Waals surface area contributed by atoms with Crippen molar-refractivity contribution in [2.75, 3.05) is 0 Å². The lowest BCUT2D eigenvalue weighted by atomic mass is 10.0. The zero-order chi connectivity index (χ0) is 16.0. The molecular weight excluding hydrogens is 403 g/mol. The van der Waals surface area contributed by atoms with Crippen LogP contribution < -0.4 is 5.56 Å². The van der Waals surface area contributed by atoms with E-state index in [4.69, 9.17) is 4.42 Å². The number of pyridine rings is 1. The average Bonchev–Trinajstić information content (AvgIpc) is 2.93. The summed E-state index contributed by atoms with van der Waals surface area (Å²) in [6.07, 6.45) is 0. The van der Waals surface area contributed by atoms with Gasteiger partial charge in [0.05, 0.1) is 11.1 Å². The zero-order valence-electron chi connectivity index (χ0n) is 11.8. The number of halogens is 1. The molecule has 0 atom stereocenters. The third kappa shape index (κ3) is 2.14. The molecule has 4 nitrogen and oxygen atoms in total. The first kappa shape index (κ1) is 14.0. The van der Waals surface area contributed by atoms with E-state index in [1.807, 2.05) is 54.6 Å². The number of benzene rings is 2. The van der Waals surface area contributed by atoms with Crippen LogP contribution in [0.5, 0.6) is 0 Å². The van der Waals surface area contributed by atoms with Crippen LogP contribution in [0.1, 0.15) is 5.56 Å². The zero-order valence-corrected chi connectivity index (χ0v) is 13.9. The lowest BCUT2D eigenvalue weighted by molar-refractivity contribution is 0.669. The van der Waals surface area contributed by atoms with Crippen LogP contribution in [-0.4, -0.2) is 4.98 Å². The second kappa shape index (κ2) is 5.25. The summed E-state index contributed by atoms with van der Waals surface area (Å²) < 4.78 is 7.02. The fourth-order valence-electron chi connectivity index (χ4n) is 2.75. The molecular formula is C18H9IN2O2. The normalized spacial score (nSPS) is 11.0. The average molecular weight is 412 g/mol. The fourth-order valence-corrected chi connectivity index (χ4v) is 3.11. The summed E-state index contributed by atoms with van der Waals surface area (Å²) in [5, 5.41) is 10.3. The molecule has 0 radical (unpaired) electrons. The molecule has 0 saturated carbocycles. The highest BCUT2D eigenvalue weighted by molar-refractivity contribution is 14.1. The second-order valence-corrected chi connectivity index (χ2v) is 6.37. The Labute approximate surface area is 144 Å². The number of furan rings is 1. The summed E-state index contributed by atoms with van der Waals surface area (Å²) in [5.41, 5.74) is 2.83. The van der Waals surface area contributed by atoms with Crippen molar-refractivity contribution in [1.82, 2.24) is 4.98 Å². The van der Waals surface area contributed by atoms with E-state index in [1.54, 1.807) is 0 Å². The van der Waals surface area contributed by atoms with E-state index in [0.29, 0.717) is 22.2 Å². The minimum atomic E-state index is -0.403. The molecule has 110 valence electrons. The Morgan fingerprint density at radius 2 is 1.83 bits per heavy atom. The predicted molar refractivity (Wildman–Crippen MR) is 97.2 cm³/mol. The van der Waals surface area contributed by atoms with Crippen LogP contribution in [0.3, 0.4) is 0 Å². The summed E-state index contributed by atoms with van der Waals surface area (Å²) in [7, 11) is 0. The predicted octanol–water partition coefficient (Wildman–Crippen LogP) is 4.42. The maximum absolute atomic E-state index is 12.3. The van der Waals surface area contributed by atoms with Crippen molar-refractivity contribution < 1.29 is 4.42 Å². The van der Waals surface area contributed by atoms with Crippen molar-refractivity contribution >= 4 is 44.7 Å². The molecule has 23 heavy (non-hydrogen) atoms. The van der Waals surface area contributed by atoms with Crippen LogP contribution in [0.2, 0.25) is 0 Å². The van der Waals surface area contributed by atoms with E-state index in [2.05, 4.69) is 27.6 Å². The number of aromatic amines is 1. The largest absolute Gasteiger partial charge is 0.454 e. The van der Waals surface area contributed by atoms with Crippen LogP contribution in [0.15, 0.2) is 57.7 Å². The summed E-state index contributed by atoms with van der Waals surface area (Å²) >= 11 is 2.21. The van der Waals surface area contributed by atoms with Gasteiger partial charge < -0.3 is 9.40 Å². The summed E-state index contributed by atoms with van der Waals surface area (Å²) in [5.74, 6) is 0. The van der Waals surface area contributed by atoms with Gasteiger partial charge in [0.15, 0.2) is 5.58 Å². The number of rotatable bonds is 1. The van der Waals surface area contributed by atoms with Crippen LogP contribution in [0.4, 0.5) is 0 Å². The van der Waals surface area contributed by atoms with E-state index in [1.165, 1.54) is 0 Å². The molecule has 2 aromatic heterocycles. The van der Waals surface area contributed by atoms with Crippen molar-refractivity contribution in [3.8, 4) is 17.2 Å². The quantitative estimate of drug-likeness (QED) is 0.471. The first-order valence-corrected chi connectivity index (χ1v) is 8.00. The Morgan fingerprint density at radius 1 is 1.09 bits per heavy atom. The number of hydrogen-bond acceptors (Lipinski definition) is 3. The lowest BCUT2D eigenvalue weighted by Crippen LogP contribution is -2.11. The van der Waals surface area contributed by atoms with Crippen molar-refractivity contribution in [2.45, 2.75) is 0 Å². The van der Waals surface area contributed by atoms with Crippen LogP contribution in [-0.2, 0) is 0 Å². The highest BCUT2D eigenvalue weighted by Gasteiger charge is 2.19. The van der Waals surface area contributed by atoms with Gasteiger partial charge in [-0.25, -0.2) is 0 Å². The summed E-state index contributed by atoms with van der Waals surface area (Å²) in [4.78, 5) is 15.1. The molecule has 0 aliphatic heterocycles. The van der Waals surface area contributed by atoms with Gasteiger partial charge in [0.2, 0.25) is 0 Å². The Balaban J connectivity index is 2.22. The molecule has 0 saturated heterocycles. The molecule has 0 spiro atoms. The molecule has 2 heterocycles. The molecule has 2 aromatic carbocycles. The highest BCUT2D eigenvalue weighted by Crippen LogP contribution is 2.35. The molecule has 0 aliphatic carbocycles. The molecule has 4 aromatic rings. The SMILES string of the molecule is N#Cc1c(-c2ccc(I)cc2)c2oc3ccccc3c2[nH]c1=O. The maximum atomic E-state index is 12.3. The first-order valence-electron chi connectivity index (χ1n) is 6.92. The number of H-pyrrole nitrogens is 1. The summed E-state index contributed by atoms with van der Waals surface area (Å²) in [6.45, 7) is 0. The number of nitrogens with one attached hydrogen (secondary N) is 1. The van der Waals surface area contributed by atoms with Crippen LogP contribution in [0, 0.1) is 14.9 Å². The van der Waals surface area contributed by atoms with Crippen LogP contribution >= 0.6 is 22.6 Å². The number of nitriles is 1. The Kier molecular flexibility index (Phi) is 3.20. The van der Waals surface area contributed by atoms with Gasteiger partial charge in [0, 0.05) is 8.96 Å². The molecule has 0 unspecified atom stereocenters. The number of nitrogens with zero attached hydrogens (tertiary/aromatic N) is 1. The van der Waals surface area contributed by atoms with E-state index < -0.39 is 5.56 Å². The Bertz CT molecular complexity index is 1150. The van der Waals surface area contributed by atoms with Gasteiger partial charge in [-0.2, -0.15) is 5.26 Å². The van der Waals surface area contributed by atoms with Gasteiger partial charge >= 0.3 is 0 Å². The monoisotopic (exact) mass is 412 g/mol. The molecule has 0 amide bonds. The van der Waals surface area contributed by atoms with E-state index in [-0.39, 0.29) is 5.56 Å². The van der Waals surface area contributed by atoms with E-state index in [0.717, 1.165) is 14.5 Å². The summed E-state index contributed by atoms with van der Waals surface area (Å²) in [6, 6.07) is 17.2. The van der Waals surface area contributed by atoms with Crippen molar-refractivity contribution in [2.24, 2.45) is 0 Å². The van der Waals surface area contributed by atoms with Gasteiger partial charge in [-0.1, -0.05) is 24.3 Å². The molecule has 0 fully saturated rings. The number of fused-ring (bicyclic) bond motifs is 3. The molecule has 0 bridgehead atoms. The maximum Gasteiger partial charge on any atom is 0.267 e. The van der Waals surface area contributed by atoms with Gasteiger partial charge in [-0.3, -0.25) is 4.79 Å². The smallest absolute Gasteiger partial charge is 0.267 e. The van der Waals surface area contributed by atoms with E-state index in [9.17, 15) is 10.1 Å². The van der Waals surface area contributed by atoms with Crippen molar-refractivity contribution in [3.63, 3.8) is 0 Å². The minimum Gasteiger partial charge on any atom is -0.454 e. The fraction of sp³-hybridized carbons (Fsp3) is 0. The Morgan fingerprint density at radius 3 is 2.57 bits per heavy atom. The van der Waals surface area contributed by atoms with E-state index >= 15 is 0 Å². The third-order valence-corrected chi connectivity index (χ3v) is 4.50. The Hall–Kier alpha value is -2.59. The molecule has 5 heteroatoms. The van der Waals surface area contributed by atoms with Crippen molar-refractivity contribution in [3.05, 3.63) is 68.0 Å². The topological polar surface area (TPSA) is 69.8 Å². The number of hydrogen-bond donors (Lipinski definition) is 1. The van der Waals surface area contributed by atoms with Crippen molar-refractivity contribution in [1.29, 1.82) is 5.26 Å². The first-order chi connectivity index (χ1) is 11.2. The second-order valence-electron chi connectivity index (χ2n) is 5.13. The third-order valence-electron chi connectivity index (χ3n) is 3.78. The molecule has 4 rings (SSSR count). The molecule has 0 aliphatic rings. The number of para-hydroxylation sites is 1. The minimum absolute atomic E-state index is 0.0674. The van der Waals surface area contributed by atoms with Gasteiger partial charge in [0.25, 0.3) is 5.56 Å². The highest BCUT2D eigenvalue weighted by atomic mass is 127. The van der Waals surface area contributed by atoms with Gasteiger partial charge in [-0.05, 0) is 52.4 Å². The van der Waals surface area contributed by atoms with Gasteiger partial charge in [-0.15, -0.1) is 0 Å². The van der Waals surface area contributed by atoms with Crippen LogP contribution in [0.25, 0.3) is 33.2 Å².